The normalized spacial score (nSPS) is 12.9. The van der Waals surface area contributed by atoms with Gasteiger partial charge in [-0.05, 0) is 54.3 Å². The Morgan fingerprint density at radius 1 is 1.04 bits per heavy atom. The van der Waals surface area contributed by atoms with Crippen LogP contribution in [0.3, 0.4) is 0 Å². The van der Waals surface area contributed by atoms with Crippen molar-refractivity contribution in [3.8, 4) is 0 Å². The monoisotopic (exact) mass is 335 g/mol. The van der Waals surface area contributed by atoms with Gasteiger partial charge in [-0.15, -0.1) is 0 Å². The Hall–Kier alpha value is -2.02. The van der Waals surface area contributed by atoms with E-state index in [0.29, 0.717) is 6.42 Å². The number of hydrogen-bond donors (Lipinski definition) is 2. The van der Waals surface area contributed by atoms with Crippen LogP contribution < -0.4 is 5.14 Å². The van der Waals surface area contributed by atoms with Crippen molar-refractivity contribution in [2.24, 2.45) is 5.14 Å². The van der Waals surface area contributed by atoms with E-state index in [-0.39, 0.29) is 17.3 Å². The van der Waals surface area contributed by atoms with Crippen LogP contribution in [-0.4, -0.2) is 20.1 Å². The Balaban J connectivity index is 2.55. The zero-order valence-corrected chi connectivity index (χ0v) is 13.5. The smallest absolute Gasteiger partial charge is 0.238 e. The Labute approximate surface area is 135 Å². The molecule has 0 aromatic heterocycles. The van der Waals surface area contributed by atoms with E-state index in [4.69, 9.17) is 5.14 Å². The van der Waals surface area contributed by atoms with Gasteiger partial charge in [-0.1, -0.05) is 29.8 Å². The summed E-state index contributed by atoms with van der Waals surface area (Å²) in [5, 5.41) is 14.3. The third-order valence-electron chi connectivity index (χ3n) is 3.52. The second-order valence-corrected chi connectivity index (χ2v) is 6.77. The quantitative estimate of drug-likeness (QED) is 0.881. The van der Waals surface area contributed by atoms with Gasteiger partial charge >= 0.3 is 0 Å². The predicted octanol–water partition coefficient (Wildman–Crippen LogP) is 2.68. The van der Waals surface area contributed by atoms with Gasteiger partial charge in [-0.2, -0.15) is 0 Å². The Morgan fingerprint density at radius 2 is 1.52 bits per heavy atom. The molecule has 0 aliphatic rings. The van der Waals surface area contributed by atoms with E-state index in [9.17, 15) is 17.9 Å². The van der Waals surface area contributed by atoms with Crippen molar-refractivity contribution in [3.63, 3.8) is 0 Å². The van der Waals surface area contributed by atoms with E-state index >= 15 is 0 Å². The minimum Gasteiger partial charge on any atom is -0.396 e. The molecule has 4 nitrogen and oxygen atoms in total. The Kier molecular flexibility index (Phi) is 5.30. The number of sulfonamides is 1. The molecule has 0 saturated carbocycles. The highest BCUT2D eigenvalue weighted by Gasteiger charge is 2.12. The molecular formula is C17H18FNO3S. The summed E-state index contributed by atoms with van der Waals surface area (Å²) in [5.41, 5.74) is 3.32. The fraction of sp³-hybridized carbons (Fsp3) is 0.176. The van der Waals surface area contributed by atoms with Crippen molar-refractivity contribution in [2.45, 2.75) is 18.2 Å². The molecule has 0 unspecified atom stereocenters. The zero-order valence-electron chi connectivity index (χ0n) is 12.7. The fourth-order valence-electron chi connectivity index (χ4n) is 2.38. The van der Waals surface area contributed by atoms with Crippen LogP contribution in [0.1, 0.15) is 24.5 Å². The second kappa shape index (κ2) is 7.04. The van der Waals surface area contributed by atoms with Gasteiger partial charge in [0.25, 0.3) is 0 Å². The number of primary sulfonamides is 1. The maximum atomic E-state index is 13.1. The minimum absolute atomic E-state index is 0.00814. The third-order valence-corrected chi connectivity index (χ3v) is 4.45. The number of rotatable bonds is 5. The molecule has 23 heavy (non-hydrogen) atoms. The van der Waals surface area contributed by atoms with Crippen LogP contribution in [0.15, 0.2) is 59.0 Å². The summed E-state index contributed by atoms with van der Waals surface area (Å²) in [4.78, 5) is 0.0273. The molecule has 0 saturated heterocycles. The zero-order chi connectivity index (χ0) is 17.0. The average Bonchev–Trinajstić information content (AvgIpc) is 2.49. The van der Waals surface area contributed by atoms with Gasteiger partial charge in [0.2, 0.25) is 10.0 Å². The van der Waals surface area contributed by atoms with Crippen LogP contribution >= 0.6 is 0 Å². The second-order valence-electron chi connectivity index (χ2n) is 5.21. The first-order chi connectivity index (χ1) is 10.8. The van der Waals surface area contributed by atoms with E-state index in [1.807, 2.05) is 6.92 Å². The maximum absolute atomic E-state index is 13.1. The fourth-order valence-corrected chi connectivity index (χ4v) is 2.90. The minimum atomic E-state index is -3.75. The molecule has 0 heterocycles. The highest BCUT2D eigenvalue weighted by Crippen LogP contribution is 2.29. The molecule has 0 fully saturated rings. The Morgan fingerprint density at radius 3 is 1.96 bits per heavy atom. The van der Waals surface area contributed by atoms with E-state index in [1.54, 1.807) is 24.3 Å². The highest BCUT2D eigenvalue weighted by atomic mass is 32.2. The van der Waals surface area contributed by atoms with Crippen LogP contribution in [0.5, 0.6) is 0 Å². The lowest BCUT2D eigenvalue weighted by molar-refractivity contribution is 0.299. The molecule has 0 spiro atoms. The molecule has 122 valence electrons. The van der Waals surface area contributed by atoms with Gasteiger partial charge in [0, 0.05) is 6.61 Å². The topological polar surface area (TPSA) is 80.4 Å². The van der Waals surface area contributed by atoms with Gasteiger partial charge in [0.15, 0.2) is 0 Å². The Bertz CT molecular complexity index is 810. The van der Waals surface area contributed by atoms with Gasteiger partial charge in [0.1, 0.15) is 5.82 Å². The van der Waals surface area contributed by atoms with Crippen molar-refractivity contribution in [2.75, 3.05) is 6.61 Å². The SMILES string of the molecule is CC(CCO)=C(c1ccc(F)cc1)c1ccc(S(N)(=O)=O)cc1. The molecule has 6 heteroatoms. The summed E-state index contributed by atoms with van der Waals surface area (Å²) in [6, 6.07) is 12.2. The summed E-state index contributed by atoms with van der Waals surface area (Å²) in [6.07, 6.45) is 0.462. The molecule has 0 radical (unpaired) electrons. The van der Waals surface area contributed by atoms with Gasteiger partial charge < -0.3 is 5.11 Å². The van der Waals surface area contributed by atoms with Crippen molar-refractivity contribution in [1.82, 2.24) is 0 Å². The molecule has 0 atom stereocenters. The van der Waals surface area contributed by atoms with E-state index in [2.05, 4.69) is 0 Å². The lowest BCUT2D eigenvalue weighted by atomic mass is 9.92. The number of benzene rings is 2. The summed E-state index contributed by atoms with van der Waals surface area (Å²) in [6.45, 7) is 1.87. The predicted molar refractivity (Wildman–Crippen MR) is 87.6 cm³/mol. The number of halogens is 1. The molecule has 0 aliphatic heterocycles. The van der Waals surface area contributed by atoms with Crippen LogP contribution in [0.25, 0.3) is 5.57 Å². The molecule has 0 aliphatic carbocycles. The first kappa shape index (κ1) is 17.3. The van der Waals surface area contributed by atoms with Crippen molar-refractivity contribution >= 4 is 15.6 Å². The highest BCUT2D eigenvalue weighted by molar-refractivity contribution is 7.89. The molecule has 0 amide bonds. The summed E-state index contributed by atoms with van der Waals surface area (Å²) < 4.78 is 35.8. The van der Waals surface area contributed by atoms with Crippen molar-refractivity contribution in [1.29, 1.82) is 0 Å². The van der Waals surface area contributed by atoms with Crippen molar-refractivity contribution < 1.29 is 17.9 Å². The van der Waals surface area contributed by atoms with Crippen LogP contribution in [0.4, 0.5) is 4.39 Å². The largest absolute Gasteiger partial charge is 0.396 e. The molecule has 2 aromatic rings. The number of aliphatic hydroxyl groups is 1. The van der Waals surface area contributed by atoms with Crippen molar-refractivity contribution in [3.05, 3.63) is 71.0 Å². The number of hydrogen-bond acceptors (Lipinski definition) is 3. The maximum Gasteiger partial charge on any atom is 0.238 e. The molecule has 3 N–H and O–H groups in total. The average molecular weight is 335 g/mol. The third kappa shape index (κ3) is 4.25. The van der Waals surface area contributed by atoms with E-state index < -0.39 is 10.0 Å². The summed E-state index contributed by atoms with van der Waals surface area (Å²) in [5.74, 6) is -0.336. The molecule has 2 aromatic carbocycles. The molecule has 2 rings (SSSR count). The lowest BCUT2D eigenvalue weighted by Crippen LogP contribution is -2.11. The standard InChI is InChI=1S/C17H18FNO3S/c1-12(10-11-20)17(13-2-6-15(18)7-3-13)14-4-8-16(9-5-14)23(19,21)22/h2-9,20H,10-11H2,1H3,(H2,19,21,22). The van der Waals surface area contributed by atoms with Gasteiger partial charge in [0.05, 0.1) is 4.90 Å². The molecular weight excluding hydrogens is 317 g/mol. The number of aliphatic hydroxyl groups excluding tert-OH is 1. The van der Waals surface area contributed by atoms with Crippen LogP contribution in [0, 0.1) is 5.82 Å². The van der Waals surface area contributed by atoms with Crippen LogP contribution in [-0.2, 0) is 10.0 Å². The first-order valence-electron chi connectivity index (χ1n) is 7.02. The lowest BCUT2D eigenvalue weighted by Gasteiger charge is -2.13. The summed E-state index contributed by atoms with van der Waals surface area (Å²) >= 11 is 0. The number of nitrogens with two attached hydrogens (primary N) is 1. The molecule has 0 bridgehead atoms. The first-order valence-corrected chi connectivity index (χ1v) is 8.57. The van der Waals surface area contributed by atoms with E-state index in [0.717, 1.165) is 22.3 Å². The van der Waals surface area contributed by atoms with Crippen LogP contribution in [0.2, 0.25) is 0 Å². The van der Waals surface area contributed by atoms with E-state index in [1.165, 1.54) is 24.3 Å². The van der Waals surface area contributed by atoms with Gasteiger partial charge in [-0.3, -0.25) is 0 Å². The summed E-state index contributed by atoms with van der Waals surface area (Å²) in [7, 11) is -3.75. The van der Waals surface area contributed by atoms with Gasteiger partial charge in [-0.25, -0.2) is 17.9 Å².